The molecular formula is C18H26N4O4S. The fourth-order valence-electron chi connectivity index (χ4n) is 3.47. The van der Waals surface area contributed by atoms with Crippen molar-refractivity contribution in [1.82, 2.24) is 14.5 Å². The van der Waals surface area contributed by atoms with E-state index in [1.54, 1.807) is 4.90 Å². The highest BCUT2D eigenvalue weighted by molar-refractivity contribution is 7.89. The second kappa shape index (κ2) is 7.21. The van der Waals surface area contributed by atoms with Gasteiger partial charge in [0.1, 0.15) is 0 Å². The lowest BCUT2D eigenvalue weighted by molar-refractivity contribution is -0.122. The van der Waals surface area contributed by atoms with Gasteiger partial charge in [0.15, 0.2) is 0 Å². The maximum Gasteiger partial charge on any atom is 0.253 e. The molecule has 0 bridgehead atoms. The number of carbonyl (C=O) groups excluding carboxylic acids is 2. The average Bonchev–Trinajstić information content (AvgIpc) is 2.63. The first-order valence-corrected chi connectivity index (χ1v) is 10.5. The van der Waals surface area contributed by atoms with Crippen LogP contribution in [0.3, 0.4) is 0 Å². The second-order valence-corrected chi connectivity index (χ2v) is 9.76. The summed E-state index contributed by atoms with van der Waals surface area (Å²) < 4.78 is 26.5. The number of nitrogens with one attached hydrogen (secondary N) is 1. The number of likely N-dealkylation sites (tertiary alicyclic amines) is 1. The summed E-state index contributed by atoms with van der Waals surface area (Å²) in [5, 5.41) is 2.60. The number of hydrogen-bond donors (Lipinski definition) is 2. The highest BCUT2D eigenvalue weighted by atomic mass is 32.2. The Bertz CT molecular complexity index is 835. The molecule has 3 N–H and O–H groups in total. The van der Waals surface area contributed by atoms with Gasteiger partial charge < -0.3 is 16.0 Å². The quantitative estimate of drug-likeness (QED) is 0.750. The zero-order valence-electron chi connectivity index (χ0n) is 15.6. The second-order valence-electron chi connectivity index (χ2n) is 7.82. The number of rotatable bonds is 3. The molecule has 1 aromatic rings. The number of carbonyl (C=O) groups is 2. The van der Waals surface area contributed by atoms with Crippen molar-refractivity contribution in [2.75, 3.05) is 32.7 Å². The summed E-state index contributed by atoms with van der Waals surface area (Å²) in [6.07, 6.45) is 0.738. The van der Waals surface area contributed by atoms with Crippen LogP contribution in [0.1, 0.15) is 30.6 Å². The molecule has 2 aliphatic rings. The van der Waals surface area contributed by atoms with Gasteiger partial charge in [0, 0.05) is 37.8 Å². The summed E-state index contributed by atoms with van der Waals surface area (Å²) >= 11 is 0. The molecule has 148 valence electrons. The third kappa shape index (κ3) is 3.99. The Morgan fingerprint density at radius 2 is 1.89 bits per heavy atom. The van der Waals surface area contributed by atoms with Crippen molar-refractivity contribution in [1.29, 1.82) is 0 Å². The van der Waals surface area contributed by atoms with E-state index in [1.807, 2.05) is 13.8 Å². The molecule has 1 atom stereocenters. The predicted octanol–water partition coefficient (Wildman–Crippen LogP) is 0.00650. The third-order valence-electron chi connectivity index (χ3n) is 5.34. The van der Waals surface area contributed by atoms with Crippen LogP contribution in [0, 0.1) is 5.41 Å². The van der Waals surface area contributed by atoms with E-state index in [-0.39, 0.29) is 41.3 Å². The van der Waals surface area contributed by atoms with Gasteiger partial charge in [0.2, 0.25) is 15.9 Å². The Labute approximate surface area is 159 Å². The lowest BCUT2D eigenvalue weighted by Gasteiger charge is -2.42. The van der Waals surface area contributed by atoms with Gasteiger partial charge in [-0.15, -0.1) is 0 Å². The molecule has 0 saturated carbocycles. The Hall–Kier alpha value is -1.97. The van der Waals surface area contributed by atoms with E-state index in [0.29, 0.717) is 25.2 Å². The molecule has 1 unspecified atom stereocenters. The summed E-state index contributed by atoms with van der Waals surface area (Å²) in [6, 6.07) is 5.96. The number of sulfonamides is 1. The first kappa shape index (κ1) is 19.8. The van der Waals surface area contributed by atoms with Gasteiger partial charge in [-0.3, -0.25) is 9.59 Å². The van der Waals surface area contributed by atoms with Gasteiger partial charge in [-0.1, -0.05) is 13.8 Å². The molecule has 27 heavy (non-hydrogen) atoms. The lowest BCUT2D eigenvalue weighted by Crippen LogP contribution is -2.54. The molecule has 2 saturated heterocycles. The Kier molecular flexibility index (Phi) is 5.29. The van der Waals surface area contributed by atoms with Crippen LogP contribution in [0.2, 0.25) is 0 Å². The van der Waals surface area contributed by atoms with Crippen molar-refractivity contribution >= 4 is 21.8 Å². The average molecular weight is 394 g/mol. The van der Waals surface area contributed by atoms with E-state index < -0.39 is 10.0 Å². The third-order valence-corrected chi connectivity index (χ3v) is 7.20. The number of nitrogens with zero attached hydrogens (tertiary/aromatic N) is 2. The van der Waals surface area contributed by atoms with E-state index >= 15 is 0 Å². The molecule has 2 heterocycles. The number of amides is 2. The van der Waals surface area contributed by atoms with Gasteiger partial charge in [0.05, 0.1) is 11.4 Å². The van der Waals surface area contributed by atoms with E-state index in [9.17, 15) is 18.0 Å². The van der Waals surface area contributed by atoms with E-state index in [2.05, 4.69) is 5.32 Å². The van der Waals surface area contributed by atoms with Gasteiger partial charge >= 0.3 is 0 Å². The minimum absolute atomic E-state index is 0.0517. The molecule has 0 aromatic heterocycles. The first-order valence-electron chi connectivity index (χ1n) is 9.03. The zero-order valence-corrected chi connectivity index (χ0v) is 16.5. The maximum atomic E-state index is 12.8. The molecule has 8 nitrogen and oxygen atoms in total. The van der Waals surface area contributed by atoms with Crippen molar-refractivity contribution in [2.24, 2.45) is 11.1 Å². The van der Waals surface area contributed by atoms with Gasteiger partial charge in [-0.25, -0.2) is 8.42 Å². The highest BCUT2D eigenvalue weighted by Gasteiger charge is 2.36. The molecule has 9 heteroatoms. The minimum atomic E-state index is -3.76. The minimum Gasteiger partial charge on any atom is -0.354 e. The summed E-state index contributed by atoms with van der Waals surface area (Å²) in [5.41, 5.74) is 6.40. The molecule has 0 radical (unpaired) electrons. The molecule has 2 amide bonds. The first-order chi connectivity index (χ1) is 12.6. The van der Waals surface area contributed by atoms with Gasteiger partial charge in [0.25, 0.3) is 5.91 Å². The Morgan fingerprint density at radius 3 is 2.48 bits per heavy atom. The zero-order chi connectivity index (χ0) is 19.8. The van der Waals surface area contributed by atoms with Crippen LogP contribution in [0.25, 0.3) is 0 Å². The topological polar surface area (TPSA) is 113 Å². The summed E-state index contributed by atoms with van der Waals surface area (Å²) in [7, 11) is -3.76. The fourth-order valence-corrected chi connectivity index (χ4v) is 4.87. The predicted molar refractivity (Wildman–Crippen MR) is 100 cm³/mol. The van der Waals surface area contributed by atoms with Gasteiger partial charge in [-0.2, -0.15) is 4.31 Å². The molecule has 2 aliphatic heterocycles. The molecule has 1 aromatic carbocycles. The molecular weight excluding hydrogens is 368 g/mol. The number of piperazine rings is 1. The summed E-state index contributed by atoms with van der Waals surface area (Å²) in [4.78, 5) is 26.1. The van der Waals surface area contributed by atoms with Gasteiger partial charge in [-0.05, 0) is 36.1 Å². The van der Waals surface area contributed by atoms with Crippen LogP contribution < -0.4 is 11.1 Å². The van der Waals surface area contributed by atoms with E-state index in [4.69, 9.17) is 5.73 Å². The molecule has 0 spiro atoms. The Balaban J connectivity index is 1.75. The summed E-state index contributed by atoms with van der Waals surface area (Å²) in [6.45, 7) is 5.58. The van der Waals surface area contributed by atoms with Crippen molar-refractivity contribution in [2.45, 2.75) is 31.2 Å². The van der Waals surface area contributed by atoms with E-state index in [0.717, 1.165) is 10.7 Å². The van der Waals surface area contributed by atoms with Crippen molar-refractivity contribution in [3.05, 3.63) is 29.8 Å². The standard InChI is InChI=1S/C18H26N4O4S/c1-18(2)12-21(9-7-15(18)19)17(24)13-3-5-14(6-4-13)27(25,26)22-10-8-20-16(23)11-22/h3-6,15H,7-12,19H2,1-2H3,(H,20,23). The van der Waals surface area contributed by atoms with Crippen molar-refractivity contribution in [3.8, 4) is 0 Å². The molecule has 0 aliphatic carbocycles. The number of hydrogen-bond acceptors (Lipinski definition) is 5. The van der Waals surface area contributed by atoms with Crippen molar-refractivity contribution in [3.63, 3.8) is 0 Å². The largest absolute Gasteiger partial charge is 0.354 e. The molecule has 3 rings (SSSR count). The van der Waals surface area contributed by atoms with Crippen LogP contribution >= 0.6 is 0 Å². The number of piperidine rings is 1. The SMILES string of the molecule is CC1(C)CN(C(=O)c2ccc(S(=O)(=O)N3CCNC(=O)C3)cc2)CCC1N. The van der Waals surface area contributed by atoms with Crippen LogP contribution in [0.4, 0.5) is 0 Å². The van der Waals surface area contributed by atoms with Crippen LogP contribution in [-0.2, 0) is 14.8 Å². The summed E-state index contributed by atoms with van der Waals surface area (Å²) in [5.74, 6) is -0.446. The highest BCUT2D eigenvalue weighted by Crippen LogP contribution is 2.28. The Morgan fingerprint density at radius 1 is 1.22 bits per heavy atom. The lowest BCUT2D eigenvalue weighted by atomic mass is 9.79. The van der Waals surface area contributed by atoms with Crippen LogP contribution in [0.15, 0.2) is 29.2 Å². The van der Waals surface area contributed by atoms with Crippen LogP contribution in [0.5, 0.6) is 0 Å². The monoisotopic (exact) mass is 394 g/mol. The van der Waals surface area contributed by atoms with E-state index in [1.165, 1.54) is 24.3 Å². The fraction of sp³-hybridized carbons (Fsp3) is 0.556. The molecule has 2 fully saturated rings. The number of benzene rings is 1. The smallest absolute Gasteiger partial charge is 0.253 e. The normalized spacial score (nSPS) is 23.7. The maximum absolute atomic E-state index is 12.8. The van der Waals surface area contributed by atoms with Crippen LogP contribution in [-0.4, -0.2) is 68.2 Å². The van der Waals surface area contributed by atoms with Crippen molar-refractivity contribution < 1.29 is 18.0 Å². The number of nitrogens with two attached hydrogens (primary N) is 1.